The van der Waals surface area contributed by atoms with Gasteiger partial charge in [0.2, 0.25) is 0 Å². The number of pyridine rings is 1. The fraction of sp³-hybridized carbons (Fsp3) is 0. The molecule has 2 rings (SSSR count). The molecule has 0 aromatic carbocycles. The van der Waals surface area contributed by atoms with E-state index in [1.165, 1.54) is 0 Å². The molecular formula is C6H5N3Zn. The summed E-state index contributed by atoms with van der Waals surface area (Å²) in [5.74, 6) is 0. The quantitative estimate of drug-likeness (QED) is 0.620. The molecule has 4 heteroatoms. The molecule has 0 fully saturated rings. The van der Waals surface area contributed by atoms with Gasteiger partial charge in [0.1, 0.15) is 0 Å². The van der Waals surface area contributed by atoms with Crippen LogP contribution in [0.1, 0.15) is 0 Å². The number of aromatic nitrogens is 3. The van der Waals surface area contributed by atoms with Crippen LogP contribution in [0.4, 0.5) is 0 Å². The van der Waals surface area contributed by atoms with E-state index in [0.717, 1.165) is 11.0 Å². The summed E-state index contributed by atoms with van der Waals surface area (Å²) in [5.41, 5.74) is 1.95. The second-order valence-corrected chi connectivity index (χ2v) is 1.80. The van der Waals surface area contributed by atoms with Crippen LogP contribution < -0.4 is 0 Å². The molecule has 0 saturated carbocycles. The van der Waals surface area contributed by atoms with Crippen molar-refractivity contribution in [3.05, 3.63) is 24.8 Å². The SMILES string of the molecule is [Zn].c1cc2nc[nH]c2cn1. The second-order valence-electron chi connectivity index (χ2n) is 1.80. The van der Waals surface area contributed by atoms with Gasteiger partial charge in [0.25, 0.3) is 0 Å². The summed E-state index contributed by atoms with van der Waals surface area (Å²) in [6, 6.07) is 1.87. The zero-order valence-electron chi connectivity index (χ0n) is 5.41. The average Bonchev–Trinajstić information content (AvgIpc) is 2.33. The van der Waals surface area contributed by atoms with Crippen molar-refractivity contribution in [2.45, 2.75) is 0 Å². The van der Waals surface area contributed by atoms with Gasteiger partial charge < -0.3 is 4.98 Å². The molecule has 0 aliphatic heterocycles. The minimum absolute atomic E-state index is 0. The zero-order chi connectivity index (χ0) is 6.10. The van der Waals surface area contributed by atoms with Gasteiger partial charge in [0.15, 0.2) is 0 Å². The average molecular weight is 185 g/mol. The van der Waals surface area contributed by atoms with E-state index in [2.05, 4.69) is 15.0 Å². The Morgan fingerprint density at radius 1 is 1.40 bits per heavy atom. The summed E-state index contributed by atoms with van der Waals surface area (Å²) >= 11 is 0. The van der Waals surface area contributed by atoms with Crippen LogP contribution in [0.15, 0.2) is 24.8 Å². The third-order valence-corrected chi connectivity index (χ3v) is 1.22. The number of hydrogen-bond acceptors (Lipinski definition) is 2. The summed E-state index contributed by atoms with van der Waals surface area (Å²) < 4.78 is 0. The summed E-state index contributed by atoms with van der Waals surface area (Å²) in [7, 11) is 0. The minimum atomic E-state index is 0. The normalized spacial score (nSPS) is 9.20. The summed E-state index contributed by atoms with van der Waals surface area (Å²) in [6.07, 6.45) is 5.14. The number of nitrogens with zero attached hydrogens (tertiary/aromatic N) is 2. The predicted molar refractivity (Wildman–Crippen MR) is 33.9 cm³/mol. The van der Waals surface area contributed by atoms with E-state index >= 15 is 0 Å². The monoisotopic (exact) mass is 183 g/mol. The maximum Gasteiger partial charge on any atom is 0.0932 e. The second kappa shape index (κ2) is 2.89. The molecule has 46 valence electrons. The number of rotatable bonds is 0. The molecule has 10 heavy (non-hydrogen) atoms. The molecule has 2 aromatic rings. The Kier molecular flexibility index (Phi) is 2.12. The molecule has 0 saturated heterocycles. The molecule has 0 bridgehead atoms. The van der Waals surface area contributed by atoms with E-state index in [0.29, 0.717) is 0 Å². The Morgan fingerprint density at radius 2 is 2.30 bits per heavy atom. The van der Waals surface area contributed by atoms with Gasteiger partial charge in [-0.1, -0.05) is 0 Å². The number of fused-ring (bicyclic) bond motifs is 1. The Morgan fingerprint density at radius 3 is 3.10 bits per heavy atom. The van der Waals surface area contributed by atoms with E-state index in [4.69, 9.17) is 0 Å². The summed E-state index contributed by atoms with van der Waals surface area (Å²) in [4.78, 5) is 10.9. The first-order valence-electron chi connectivity index (χ1n) is 2.70. The molecule has 2 heterocycles. The van der Waals surface area contributed by atoms with Crippen molar-refractivity contribution in [3.63, 3.8) is 0 Å². The van der Waals surface area contributed by atoms with Crippen LogP contribution in [-0.2, 0) is 19.5 Å². The van der Waals surface area contributed by atoms with Crippen molar-refractivity contribution in [1.29, 1.82) is 0 Å². The van der Waals surface area contributed by atoms with Crippen LogP contribution in [0.5, 0.6) is 0 Å². The first-order chi connectivity index (χ1) is 4.47. The van der Waals surface area contributed by atoms with E-state index in [1.807, 2.05) is 6.07 Å². The van der Waals surface area contributed by atoms with Crippen LogP contribution in [0.3, 0.4) is 0 Å². The van der Waals surface area contributed by atoms with E-state index in [-0.39, 0.29) is 19.5 Å². The standard InChI is InChI=1S/C6H5N3.Zn/c1-2-7-3-6-5(1)8-4-9-6;/h1-4H,(H,8,9);. The molecule has 2 aromatic heterocycles. The number of nitrogens with one attached hydrogen (secondary N) is 1. The molecule has 0 amide bonds. The Balaban J connectivity index is 0.000000500. The molecule has 0 aliphatic carbocycles. The van der Waals surface area contributed by atoms with Crippen molar-refractivity contribution in [3.8, 4) is 0 Å². The van der Waals surface area contributed by atoms with Crippen molar-refractivity contribution < 1.29 is 19.5 Å². The molecule has 0 radical (unpaired) electrons. The molecular weight excluding hydrogens is 179 g/mol. The van der Waals surface area contributed by atoms with Gasteiger partial charge in [0, 0.05) is 25.7 Å². The van der Waals surface area contributed by atoms with E-state index < -0.39 is 0 Å². The number of imidazole rings is 1. The molecule has 0 aliphatic rings. The summed E-state index contributed by atoms with van der Waals surface area (Å²) in [6.45, 7) is 0. The van der Waals surface area contributed by atoms with E-state index in [9.17, 15) is 0 Å². The summed E-state index contributed by atoms with van der Waals surface area (Å²) in [5, 5.41) is 0. The zero-order valence-corrected chi connectivity index (χ0v) is 8.38. The third-order valence-electron chi connectivity index (χ3n) is 1.22. The first kappa shape index (κ1) is 7.35. The van der Waals surface area contributed by atoms with Gasteiger partial charge >= 0.3 is 0 Å². The number of aromatic amines is 1. The fourth-order valence-electron chi connectivity index (χ4n) is 0.782. The van der Waals surface area contributed by atoms with Gasteiger partial charge in [-0.25, -0.2) is 4.98 Å². The first-order valence-corrected chi connectivity index (χ1v) is 2.70. The Bertz CT molecular complexity index is 287. The van der Waals surface area contributed by atoms with Crippen LogP contribution >= 0.6 is 0 Å². The largest absolute Gasteiger partial charge is 0.343 e. The van der Waals surface area contributed by atoms with Gasteiger partial charge in [-0.15, -0.1) is 0 Å². The van der Waals surface area contributed by atoms with Crippen molar-refractivity contribution in [1.82, 2.24) is 15.0 Å². The fourth-order valence-corrected chi connectivity index (χ4v) is 0.782. The van der Waals surface area contributed by atoms with Crippen LogP contribution in [0, 0.1) is 0 Å². The van der Waals surface area contributed by atoms with Gasteiger partial charge in [-0.05, 0) is 6.07 Å². The number of H-pyrrole nitrogens is 1. The molecule has 3 nitrogen and oxygen atoms in total. The van der Waals surface area contributed by atoms with Gasteiger partial charge in [-0.3, -0.25) is 4.98 Å². The Hall–Kier alpha value is -0.757. The van der Waals surface area contributed by atoms with Crippen LogP contribution in [0.2, 0.25) is 0 Å². The van der Waals surface area contributed by atoms with Crippen molar-refractivity contribution >= 4 is 11.0 Å². The van der Waals surface area contributed by atoms with E-state index in [1.54, 1.807) is 18.7 Å². The van der Waals surface area contributed by atoms with Crippen LogP contribution in [0.25, 0.3) is 11.0 Å². The Labute approximate surface area is 70.6 Å². The van der Waals surface area contributed by atoms with Crippen molar-refractivity contribution in [2.24, 2.45) is 0 Å². The maximum absolute atomic E-state index is 4.02. The van der Waals surface area contributed by atoms with Crippen LogP contribution in [-0.4, -0.2) is 15.0 Å². The molecule has 0 unspecified atom stereocenters. The molecule has 0 atom stereocenters. The smallest absolute Gasteiger partial charge is 0.0932 e. The van der Waals surface area contributed by atoms with Crippen molar-refractivity contribution in [2.75, 3.05) is 0 Å². The van der Waals surface area contributed by atoms with Gasteiger partial charge in [0.05, 0.1) is 23.6 Å². The molecule has 1 N–H and O–H groups in total. The number of hydrogen-bond donors (Lipinski definition) is 1. The third kappa shape index (κ3) is 1.07. The topological polar surface area (TPSA) is 41.6 Å². The minimum Gasteiger partial charge on any atom is -0.343 e. The molecule has 0 spiro atoms. The van der Waals surface area contributed by atoms with Gasteiger partial charge in [-0.2, -0.15) is 0 Å². The maximum atomic E-state index is 4.02. The predicted octanol–water partition coefficient (Wildman–Crippen LogP) is 0.955.